The lowest BCUT2D eigenvalue weighted by Gasteiger charge is -2.12. The summed E-state index contributed by atoms with van der Waals surface area (Å²) in [5.41, 5.74) is 0.564. The van der Waals surface area contributed by atoms with Gasteiger partial charge in [0.15, 0.2) is 5.96 Å². The van der Waals surface area contributed by atoms with Gasteiger partial charge >= 0.3 is 0 Å². The summed E-state index contributed by atoms with van der Waals surface area (Å²) < 4.78 is 25.6. The Labute approximate surface area is 180 Å². The van der Waals surface area contributed by atoms with Crippen LogP contribution in [0, 0.1) is 11.7 Å². The zero-order chi connectivity index (χ0) is 17.9. The highest BCUT2D eigenvalue weighted by Crippen LogP contribution is 2.16. The van der Waals surface area contributed by atoms with Crippen LogP contribution in [0.4, 0.5) is 4.39 Å². The van der Waals surface area contributed by atoms with Crippen LogP contribution in [0.25, 0.3) is 0 Å². The summed E-state index contributed by atoms with van der Waals surface area (Å²) in [6, 6.07) is 4.88. The first-order valence-electron chi connectivity index (χ1n) is 8.80. The summed E-state index contributed by atoms with van der Waals surface area (Å²) in [5.74, 6) is 0.991. The van der Waals surface area contributed by atoms with E-state index >= 15 is 0 Å². The van der Waals surface area contributed by atoms with Crippen LogP contribution in [0.3, 0.4) is 0 Å². The Morgan fingerprint density at radius 2 is 2.27 bits per heavy atom. The molecule has 5 nitrogen and oxygen atoms in total. The molecule has 1 aliphatic rings. The van der Waals surface area contributed by atoms with E-state index in [1.165, 1.54) is 6.07 Å². The predicted octanol–water partition coefficient (Wildman–Crippen LogP) is 3.70. The van der Waals surface area contributed by atoms with Gasteiger partial charge in [-0.05, 0) is 38.0 Å². The Morgan fingerprint density at radius 3 is 3.00 bits per heavy atom. The number of halogens is 3. The first kappa shape index (κ1) is 23.6. The topological polar surface area (TPSA) is 54.9 Å². The van der Waals surface area contributed by atoms with Crippen molar-refractivity contribution in [3.05, 3.63) is 34.1 Å². The minimum atomic E-state index is -0.243. The van der Waals surface area contributed by atoms with Crippen molar-refractivity contribution >= 4 is 45.9 Å². The lowest BCUT2D eigenvalue weighted by molar-refractivity contribution is 0.0888. The lowest BCUT2D eigenvalue weighted by Crippen LogP contribution is -2.38. The van der Waals surface area contributed by atoms with Crippen LogP contribution in [0.1, 0.15) is 25.3 Å². The molecule has 2 rings (SSSR count). The number of ether oxygens (including phenoxy) is 2. The first-order valence-corrected chi connectivity index (χ1v) is 9.60. The quantitative estimate of drug-likeness (QED) is 0.216. The second kappa shape index (κ2) is 13.7. The van der Waals surface area contributed by atoms with E-state index in [-0.39, 0.29) is 29.8 Å². The molecule has 1 saturated heterocycles. The van der Waals surface area contributed by atoms with Gasteiger partial charge in [-0.25, -0.2) is 9.38 Å². The summed E-state index contributed by atoms with van der Waals surface area (Å²) in [4.78, 5) is 4.44. The molecule has 148 valence electrons. The van der Waals surface area contributed by atoms with Gasteiger partial charge in [-0.2, -0.15) is 0 Å². The van der Waals surface area contributed by atoms with Crippen LogP contribution in [0.15, 0.2) is 27.7 Å². The molecular formula is C18H28BrFIN3O2. The summed E-state index contributed by atoms with van der Waals surface area (Å²) in [6.07, 6.45) is 1.99. The predicted molar refractivity (Wildman–Crippen MR) is 117 cm³/mol. The zero-order valence-electron chi connectivity index (χ0n) is 15.1. The molecule has 26 heavy (non-hydrogen) atoms. The van der Waals surface area contributed by atoms with E-state index in [0.717, 1.165) is 50.2 Å². The standard InChI is InChI=1S/C18H27BrFN3O2.HI/c1-2-21-18(23-11-15-10-16(19)4-5-17(15)20)22-7-3-8-24-12-14-6-9-25-13-14;/h4-5,10,14H,2-3,6-9,11-13H2,1H3,(H2,21,22,23);1H. The minimum Gasteiger partial charge on any atom is -0.381 e. The normalized spacial score (nSPS) is 17.0. The number of hydrogen-bond acceptors (Lipinski definition) is 3. The molecule has 1 aliphatic heterocycles. The van der Waals surface area contributed by atoms with Gasteiger partial charge < -0.3 is 20.1 Å². The number of nitrogens with one attached hydrogen (secondary N) is 2. The van der Waals surface area contributed by atoms with Crippen molar-refractivity contribution in [2.24, 2.45) is 10.9 Å². The highest BCUT2D eigenvalue weighted by atomic mass is 127. The number of rotatable bonds is 9. The smallest absolute Gasteiger partial charge is 0.191 e. The Kier molecular flexibility index (Phi) is 12.4. The molecule has 0 bridgehead atoms. The monoisotopic (exact) mass is 543 g/mol. The van der Waals surface area contributed by atoms with Crippen LogP contribution in [-0.4, -0.2) is 45.5 Å². The van der Waals surface area contributed by atoms with Crippen LogP contribution in [0.5, 0.6) is 0 Å². The Balaban J connectivity index is 0.00000338. The number of benzene rings is 1. The van der Waals surface area contributed by atoms with Gasteiger partial charge in [0.2, 0.25) is 0 Å². The molecule has 1 atom stereocenters. The van der Waals surface area contributed by atoms with Crippen molar-refractivity contribution in [2.75, 3.05) is 39.5 Å². The molecule has 1 aromatic carbocycles. The molecule has 0 saturated carbocycles. The van der Waals surface area contributed by atoms with Crippen molar-refractivity contribution in [3.8, 4) is 0 Å². The number of nitrogens with zero attached hydrogens (tertiary/aromatic N) is 1. The molecule has 0 aliphatic carbocycles. The zero-order valence-corrected chi connectivity index (χ0v) is 19.0. The van der Waals surface area contributed by atoms with Crippen LogP contribution in [0.2, 0.25) is 0 Å². The molecular weight excluding hydrogens is 516 g/mol. The molecule has 1 aromatic rings. The van der Waals surface area contributed by atoms with Crippen LogP contribution >= 0.6 is 39.9 Å². The number of guanidine groups is 1. The van der Waals surface area contributed by atoms with Crippen molar-refractivity contribution in [1.29, 1.82) is 0 Å². The Bertz CT molecular complexity index is 557. The van der Waals surface area contributed by atoms with Crippen molar-refractivity contribution in [1.82, 2.24) is 10.6 Å². The van der Waals surface area contributed by atoms with E-state index in [9.17, 15) is 4.39 Å². The second-order valence-electron chi connectivity index (χ2n) is 6.02. The third kappa shape index (κ3) is 8.96. The molecule has 1 unspecified atom stereocenters. The van der Waals surface area contributed by atoms with E-state index in [2.05, 4.69) is 31.6 Å². The summed E-state index contributed by atoms with van der Waals surface area (Å²) >= 11 is 3.36. The van der Waals surface area contributed by atoms with Gasteiger partial charge in [0.05, 0.1) is 19.8 Å². The van der Waals surface area contributed by atoms with Crippen molar-refractivity contribution in [3.63, 3.8) is 0 Å². The molecule has 0 aromatic heterocycles. The average Bonchev–Trinajstić information content (AvgIpc) is 3.11. The molecule has 2 N–H and O–H groups in total. The lowest BCUT2D eigenvalue weighted by atomic mass is 10.1. The molecule has 8 heteroatoms. The largest absolute Gasteiger partial charge is 0.381 e. The van der Waals surface area contributed by atoms with Gasteiger partial charge in [-0.15, -0.1) is 24.0 Å². The van der Waals surface area contributed by atoms with E-state index in [0.29, 0.717) is 30.6 Å². The van der Waals surface area contributed by atoms with Gasteiger partial charge in [0.25, 0.3) is 0 Å². The average molecular weight is 544 g/mol. The van der Waals surface area contributed by atoms with Crippen molar-refractivity contribution < 1.29 is 13.9 Å². The van der Waals surface area contributed by atoms with Gasteiger partial charge in [-0.1, -0.05) is 15.9 Å². The third-order valence-electron chi connectivity index (χ3n) is 3.89. The maximum Gasteiger partial charge on any atom is 0.191 e. The summed E-state index contributed by atoms with van der Waals surface area (Å²) in [7, 11) is 0. The molecule has 1 heterocycles. The number of hydrogen-bond donors (Lipinski definition) is 2. The molecule has 0 amide bonds. The van der Waals surface area contributed by atoms with Gasteiger partial charge in [-0.3, -0.25) is 0 Å². The highest BCUT2D eigenvalue weighted by molar-refractivity contribution is 14.0. The maximum atomic E-state index is 13.8. The Hall–Kier alpha value is -0.450. The SMILES string of the molecule is CCNC(=NCc1cc(Br)ccc1F)NCCCOCC1CCOC1.I. The van der Waals surface area contributed by atoms with E-state index in [4.69, 9.17) is 9.47 Å². The fourth-order valence-corrected chi connectivity index (χ4v) is 2.92. The van der Waals surface area contributed by atoms with E-state index in [1.807, 2.05) is 6.92 Å². The van der Waals surface area contributed by atoms with E-state index in [1.54, 1.807) is 12.1 Å². The van der Waals surface area contributed by atoms with E-state index < -0.39 is 0 Å². The first-order chi connectivity index (χ1) is 12.2. The summed E-state index contributed by atoms with van der Waals surface area (Å²) in [6.45, 7) is 6.97. The van der Waals surface area contributed by atoms with Gasteiger partial charge in [0.1, 0.15) is 5.82 Å². The fourth-order valence-electron chi connectivity index (χ4n) is 2.52. The fraction of sp³-hybridized carbons (Fsp3) is 0.611. The van der Waals surface area contributed by atoms with Gasteiger partial charge in [0, 0.05) is 42.3 Å². The van der Waals surface area contributed by atoms with Crippen molar-refractivity contribution in [2.45, 2.75) is 26.3 Å². The van der Waals surface area contributed by atoms with Crippen LogP contribution < -0.4 is 10.6 Å². The molecule has 1 fully saturated rings. The molecule has 0 radical (unpaired) electrons. The maximum absolute atomic E-state index is 13.8. The third-order valence-corrected chi connectivity index (χ3v) is 4.39. The minimum absolute atomic E-state index is 0. The highest BCUT2D eigenvalue weighted by Gasteiger charge is 2.15. The van der Waals surface area contributed by atoms with Crippen LogP contribution in [-0.2, 0) is 16.0 Å². The number of aliphatic imine (C=N–C) groups is 1. The summed E-state index contributed by atoms with van der Waals surface area (Å²) in [5, 5.41) is 6.42. The molecule has 0 spiro atoms. The Morgan fingerprint density at radius 1 is 1.42 bits per heavy atom. The second-order valence-corrected chi connectivity index (χ2v) is 6.93.